The Morgan fingerprint density at radius 3 is 2.59 bits per heavy atom. The van der Waals surface area contributed by atoms with Crippen LogP contribution in [0.4, 0.5) is 0 Å². The van der Waals surface area contributed by atoms with Crippen LogP contribution in [0.15, 0.2) is 48.5 Å². The number of carbonyl (C=O) groups is 1. The Morgan fingerprint density at radius 2 is 1.91 bits per heavy atom. The molecule has 1 heterocycles. The second-order valence-corrected chi connectivity index (χ2v) is 10.3. The molecule has 1 aromatic heterocycles. The number of amides is 1. The number of nitrogens with zero attached hydrogens (tertiary/aromatic N) is 1. The van der Waals surface area contributed by atoms with Crippen LogP contribution in [0, 0.1) is 0 Å². The molecular formula is C24H29ClN2O4S. The summed E-state index contributed by atoms with van der Waals surface area (Å²) in [6, 6.07) is 16.0. The van der Waals surface area contributed by atoms with E-state index in [0.717, 1.165) is 46.8 Å². The molecule has 2 aromatic carbocycles. The third-order valence-electron chi connectivity index (χ3n) is 4.99. The number of aromatic nitrogens is 1. The molecule has 0 radical (unpaired) electrons. The number of rotatable bonds is 10. The van der Waals surface area contributed by atoms with E-state index in [9.17, 15) is 13.2 Å². The maximum atomic E-state index is 12.5. The van der Waals surface area contributed by atoms with Gasteiger partial charge in [0.2, 0.25) is 5.91 Å². The summed E-state index contributed by atoms with van der Waals surface area (Å²) in [5, 5.41) is 4.64. The standard InChI is InChI=1S/C24H29ClN2O4S/c1-17(2)26-24(28)16-27-22-11-10-18(7-4-5-12-31-32(3,29)30)13-20(22)15-23(27)19-8-6-9-21(25)14-19/h6,8-11,13-15,17H,4-5,7,12,16H2,1-3H3,(H,26,28). The fraction of sp³-hybridized carbons (Fsp3) is 0.375. The SMILES string of the molecule is CC(C)NC(=O)Cn1c(-c2cccc(Cl)c2)cc2cc(CCCCOS(C)(=O)=O)ccc21. The molecule has 32 heavy (non-hydrogen) atoms. The predicted molar refractivity (Wildman–Crippen MR) is 129 cm³/mol. The van der Waals surface area contributed by atoms with E-state index in [1.54, 1.807) is 0 Å². The molecule has 172 valence electrons. The average Bonchev–Trinajstić information content (AvgIpc) is 3.04. The third-order valence-corrected chi connectivity index (χ3v) is 5.82. The zero-order valence-electron chi connectivity index (χ0n) is 18.6. The first kappa shape index (κ1) is 24.3. The Kier molecular flexibility index (Phi) is 7.98. The molecule has 0 fully saturated rings. The first-order valence-corrected chi connectivity index (χ1v) is 12.8. The summed E-state index contributed by atoms with van der Waals surface area (Å²) in [4.78, 5) is 12.5. The number of unbranched alkanes of at least 4 members (excludes halogenated alkanes) is 1. The molecule has 0 bridgehead atoms. The fourth-order valence-electron chi connectivity index (χ4n) is 3.69. The molecule has 1 amide bonds. The summed E-state index contributed by atoms with van der Waals surface area (Å²) in [6.07, 6.45) is 3.36. The quantitative estimate of drug-likeness (QED) is 0.337. The van der Waals surface area contributed by atoms with Crippen LogP contribution in [0.25, 0.3) is 22.2 Å². The van der Waals surface area contributed by atoms with E-state index in [0.29, 0.717) is 11.4 Å². The van der Waals surface area contributed by atoms with Gasteiger partial charge in [-0.15, -0.1) is 0 Å². The van der Waals surface area contributed by atoms with Gasteiger partial charge >= 0.3 is 0 Å². The van der Waals surface area contributed by atoms with Crippen molar-refractivity contribution in [2.75, 3.05) is 12.9 Å². The maximum absolute atomic E-state index is 12.5. The van der Waals surface area contributed by atoms with Crippen LogP contribution < -0.4 is 5.32 Å². The van der Waals surface area contributed by atoms with Crippen LogP contribution >= 0.6 is 11.6 Å². The van der Waals surface area contributed by atoms with Gasteiger partial charge in [-0.3, -0.25) is 8.98 Å². The van der Waals surface area contributed by atoms with E-state index >= 15 is 0 Å². The van der Waals surface area contributed by atoms with E-state index in [1.807, 2.05) is 48.7 Å². The summed E-state index contributed by atoms with van der Waals surface area (Å²) in [6.45, 7) is 4.29. The third kappa shape index (κ3) is 6.82. The molecule has 0 spiro atoms. The highest BCUT2D eigenvalue weighted by molar-refractivity contribution is 7.85. The molecule has 0 saturated carbocycles. The summed E-state index contributed by atoms with van der Waals surface area (Å²) < 4.78 is 28.9. The number of hydrogen-bond acceptors (Lipinski definition) is 4. The highest BCUT2D eigenvalue weighted by atomic mass is 35.5. The van der Waals surface area contributed by atoms with Crippen molar-refractivity contribution in [1.82, 2.24) is 9.88 Å². The molecule has 0 atom stereocenters. The van der Waals surface area contributed by atoms with Crippen molar-refractivity contribution in [2.45, 2.75) is 45.7 Å². The summed E-state index contributed by atoms with van der Waals surface area (Å²) in [5.74, 6) is -0.0456. The van der Waals surface area contributed by atoms with Gasteiger partial charge in [0.25, 0.3) is 10.1 Å². The lowest BCUT2D eigenvalue weighted by Gasteiger charge is -2.13. The normalized spacial score (nSPS) is 11.9. The Labute approximate surface area is 194 Å². The number of fused-ring (bicyclic) bond motifs is 1. The first-order chi connectivity index (χ1) is 15.1. The zero-order valence-corrected chi connectivity index (χ0v) is 20.2. The Bertz CT molecular complexity index is 1200. The Hall–Kier alpha value is -2.35. The Morgan fingerprint density at radius 1 is 1.12 bits per heavy atom. The van der Waals surface area contributed by atoms with E-state index in [2.05, 4.69) is 23.5 Å². The molecule has 0 aliphatic carbocycles. The molecule has 0 aliphatic rings. The minimum absolute atomic E-state index is 0.0456. The van der Waals surface area contributed by atoms with Crippen molar-refractivity contribution in [3.8, 4) is 11.3 Å². The van der Waals surface area contributed by atoms with Crippen LogP contribution in [-0.2, 0) is 32.1 Å². The van der Waals surface area contributed by atoms with Gasteiger partial charge in [0.1, 0.15) is 6.54 Å². The van der Waals surface area contributed by atoms with Crippen LogP contribution in [0.1, 0.15) is 32.3 Å². The molecule has 0 unspecified atom stereocenters. The number of nitrogens with one attached hydrogen (secondary N) is 1. The molecule has 3 aromatic rings. The maximum Gasteiger partial charge on any atom is 0.264 e. The van der Waals surface area contributed by atoms with Gasteiger partial charge in [0, 0.05) is 27.7 Å². The van der Waals surface area contributed by atoms with Gasteiger partial charge in [-0.05, 0) is 74.6 Å². The predicted octanol–water partition coefficient (Wildman–Crippen LogP) is 4.79. The summed E-state index contributed by atoms with van der Waals surface area (Å²) in [5.41, 5.74) is 4.01. The monoisotopic (exact) mass is 476 g/mol. The molecular weight excluding hydrogens is 448 g/mol. The molecule has 8 heteroatoms. The molecule has 0 saturated heterocycles. The smallest absolute Gasteiger partial charge is 0.264 e. The second kappa shape index (κ2) is 10.5. The zero-order chi connectivity index (χ0) is 23.3. The van der Waals surface area contributed by atoms with Crippen molar-refractivity contribution in [3.63, 3.8) is 0 Å². The van der Waals surface area contributed by atoms with Crippen molar-refractivity contribution < 1.29 is 17.4 Å². The Balaban J connectivity index is 1.86. The van der Waals surface area contributed by atoms with Gasteiger partial charge in [-0.2, -0.15) is 8.42 Å². The molecule has 0 aliphatic heterocycles. The van der Waals surface area contributed by atoms with E-state index in [1.165, 1.54) is 0 Å². The number of aryl methyl sites for hydroxylation is 1. The largest absolute Gasteiger partial charge is 0.352 e. The topological polar surface area (TPSA) is 77.4 Å². The van der Waals surface area contributed by atoms with Crippen LogP contribution in [0.5, 0.6) is 0 Å². The fourth-order valence-corrected chi connectivity index (χ4v) is 4.30. The van der Waals surface area contributed by atoms with E-state index in [4.69, 9.17) is 15.8 Å². The molecule has 3 rings (SSSR count). The van der Waals surface area contributed by atoms with Crippen molar-refractivity contribution >= 4 is 38.5 Å². The van der Waals surface area contributed by atoms with Gasteiger partial charge in [0.05, 0.1) is 12.9 Å². The van der Waals surface area contributed by atoms with Crippen molar-refractivity contribution in [3.05, 3.63) is 59.1 Å². The van der Waals surface area contributed by atoms with E-state index in [-0.39, 0.29) is 25.1 Å². The number of hydrogen-bond donors (Lipinski definition) is 1. The van der Waals surface area contributed by atoms with Gasteiger partial charge in [-0.25, -0.2) is 0 Å². The van der Waals surface area contributed by atoms with Crippen molar-refractivity contribution in [1.29, 1.82) is 0 Å². The first-order valence-electron chi connectivity index (χ1n) is 10.6. The number of carbonyl (C=O) groups excluding carboxylic acids is 1. The average molecular weight is 477 g/mol. The van der Waals surface area contributed by atoms with Gasteiger partial charge in [0.15, 0.2) is 0 Å². The molecule has 6 nitrogen and oxygen atoms in total. The van der Waals surface area contributed by atoms with Crippen LogP contribution in [0.3, 0.4) is 0 Å². The van der Waals surface area contributed by atoms with Crippen LogP contribution in [0.2, 0.25) is 5.02 Å². The van der Waals surface area contributed by atoms with Gasteiger partial charge in [-0.1, -0.05) is 29.8 Å². The van der Waals surface area contributed by atoms with Crippen LogP contribution in [-0.4, -0.2) is 37.8 Å². The minimum atomic E-state index is -3.39. The lowest BCUT2D eigenvalue weighted by Crippen LogP contribution is -2.33. The second-order valence-electron chi connectivity index (χ2n) is 8.22. The minimum Gasteiger partial charge on any atom is -0.352 e. The van der Waals surface area contributed by atoms with Crippen molar-refractivity contribution in [2.24, 2.45) is 0 Å². The van der Waals surface area contributed by atoms with Gasteiger partial charge < -0.3 is 9.88 Å². The highest BCUT2D eigenvalue weighted by Crippen LogP contribution is 2.30. The number of halogens is 1. The number of benzene rings is 2. The molecule has 1 N–H and O–H groups in total. The van der Waals surface area contributed by atoms with E-state index < -0.39 is 10.1 Å². The summed E-state index contributed by atoms with van der Waals surface area (Å²) >= 11 is 6.22. The lowest BCUT2D eigenvalue weighted by molar-refractivity contribution is -0.122. The highest BCUT2D eigenvalue weighted by Gasteiger charge is 2.15. The summed E-state index contributed by atoms with van der Waals surface area (Å²) in [7, 11) is -3.39. The lowest BCUT2D eigenvalue weighted by atomic mass is 10.1.